The fourth-order valence-corrected chi connectivity index (χ4v) is 5.53. The van der Waals surface area contributed by atoms with Crippen LogP contribution in [0.5, 0.6) is 11.5 Å². The number of hydrogen-bond donors (Lipinski definition) is 0. The summed E-state index contributed by atoms with van der Waals surface area (Å²) in [5.74, 6) is -0.218. The highest BCUT2D eigenvalue weighted by atomic mass is 28.4. The summed E-state index contributed by atoms with van der Waals surface area (Å²) in [6.07, 6.45) is 4.09. The molecule has 2 aliphatic rings. The van der Waals surface area contributed by atoms with E-state index in [0.717, 1.165) is 36.1 Å². The molecule has 34 heavy (non-hydrogen) atoms. The van der Waals surface area contributed by atoms with Crippen molar-refractivity contribution in [2.75, 3.05) is 13.2 Å². The molecule has 1 saturated heterocycles. The molecule has 0 radical (unpaired) electrons. The minimum Gasteiger partial charge on any atom is -0.543 e. The SMILES string of the molecule is CC(C)(C)[Si](C)(C)Oc1ccc(Cc2ccccc2)c(OC(=O)C2CCCCC23OCCO3)c1. The summed E-state index contributed by atoms with van der Waals surface area (Å²) in [6.45, 7) is 12.1. The maximum atomic E-state index is 13.5. The molecule has 1 atom stereocenters. The molecule has 1 saturated carbocycles. The third kappa shape index (κ3) is 5.40. The van der Waals surface area contributed by atoms with Crippen molar-refractivity contribution in [2.24, 2.45) is 5.92 Å². The highest BCUT2D eigenvalue weighted by Gasteiger charge is 2.50. The molecule has 0 amide bonds. The van der Waals surface area contributed by atoms with Gasteiger partial charge in [-0.25, -0.2) is 0 Å². The minimum absolute atomic E-state index is 0.0676. The third-order valence-electron chi connectivity index (χ3n) is 7.53. The fraction of sp³-hybridized carbons (Fsp3) is 0.536. The Morgan fingerprint density at radius 1 is 1.06 bits per heavy atom. The lowest BCUT2D eigenvalue weighted by atomic mass is 9.83. The Labute approximate surface area is 204 Å². The zero-order chi connectivity index (χ0) is 24.4. The molecule has 4 rings (SSSR count). The quantitative estimate of drug-likeness (QED) is 0.267. The molecule has 2 aromatic carbocycles. The second-order valence-electron chi connectivity index (χ2n) is 11.0. The Bertz CT molecular complexity index is 990. The van der Waals surface area contributed by atoms with Crippen LogP contribution in [0, 0.1) is 5.92 Å². The van der Waals surface area contributed by atoms with E-state index in [4.69, 9.17) is 18.6 Å². The van der Waals surface area contributed by atoms with E-state index in [-0.39, 0.29) is 11.0 Å². The number of hydrogen-bond acceptors (Lipinski definition) is 5. The topological polar surface area (TPSA) is 54.0 Å². The average molecular weight is 483 g/mol. The molecular formula is C28H38O5Si. The summed E-state index contributed by atoms with van der Waals surface area (Å²) in [7, 11) is -2.04. The summed E-state index contributed by atoms with van der Waals surface area (Å²) in [5.41, 5.74) is 2.12. The predicted octanol–water partition coefficient (Wildman–Crippen LogP) is 6.50. The minimum atomic E-state index is -2.04. The van der Waals surface area contributed by atoms with Gasteiger partial charge >= 0.3 is 5.97 Å². The maximum Gasteiger partial charge on any atom is 0.319 e. The van der Waals surface area contributed by atoms with E-state index in [0.29, 0.717) is 31.8 Å². The van der Waals surface area contributed by atoms with Crippen LogP contribution in [0.2, 0.25) is 18.1 Å². The molecule has 1 unspecified atom stereocenters. The van der Waals surface area contributed by atoms with Crippen molar-refractivity contribution in [3.63, 3.8) is 0 Å². The Hall–Kier alpha value is -2.15. The molecule has 1 aliphatic heterocycles. The summed E-state index contributed by atoms with van der Waals surface area (Å²) in [4.78, 5) is 13.5. The molecule has 6 heteroatoms. The number of carbonyl (C=O) groups excluding carboxylic acids is 1. The van der Waals surface area contributed by atoms with Gasteiger partial charge in [0.1, 0.15) is 17.4 Å². The van der Waals surface area contributed by atoms with E-state index >= 15 is 0 Å². The van der Waals surface area contributed by atoms with Gasteiger partial charge in [-0.1, -0.05) is 63.6 Å². The van der Waals surface area contributed by atoms with Crippen molar-refractivity contribution in [3.8, 4) is 11.5 Å². The normalized spacial score (nSPS) is 20.3. The molecular weight excluding hydrogens is 444 g/mol. The van der Waals surface area contributed by atoms with Gasteiger partial charge in [-0.3, -0.25) is 4.79 Å². The van der Waals surface area contributed by atoms with Crippen LogP contribution in [0.1, 0.15) is 57.6 Å². The Balaban J connectivity index is 1.62. The fourth-order valence-electron chi connectivity index (χ4n) is 4.51. The highest BCUT2D eigenvalue weighted by Crippen LogP contribution is 2.42. The van der Waals surface area contributed by atoms with Crippen molar-refractivity contribution in [3.05, 3.63) is 59.7 Å². The van der Waals surface area contributed by atoms with Crippen LogP contribution in [0.4, 0.5) is 0 Å². The number of benzene rings is 2. The van der Waals surface area contributed by atoms with E-state index in [1.54, 1.807) is 0 Å². The van der Waals surface area contributed by atoms with Gasteiger partial charge in [-0.2, -0.15) is 0 Å². The molecule has 5 nitrogen and oxygen atoms in total. The van der Waals surface area contributed by atoms with E-state index in [1.807, 2.05) is 36.4 Å². The standard InChI is InChI=1S/C28H38O5Si/c1-27(2,3)34(4,5)33-23-15-14-22(19-21-11-7-6-8-12-21)25(20-23)32-26(29)24-13-9-10-16-28(24)30-17-18-31-28/h6-8,11-12,14-15,20,24H,9-10,13,16-19H2,1-5H3. The maximum absolute atomic E-state index is 13.5. The smallest absolute Gasteiger partial charge is 0.319 e. The summed E-state index contributed by atoms with van der Waals surface area (Å²) in [5, 5.41) is 0.0676. The first-order valence-electron chi connectivity index (χ1n) is 12.5. The first-order valence-corrected chi connectivity index (χ1v) is 15.4. The van der Waals surface area contributed by atoms with E-state index < -0.39 is 20.0 Å². The number of esters is 1. The monoisotopic (exact) mass is 482 g/mol. The highest BCUT2D eigenvalue weighted by molar-refractivity contribution is 6.74. The molecule has 0 N–H and O–H groups in total. The van der Waals surface area contributed by atoms with Crippen LogP contribution in [-0.4, -0.2) is 33.3 Å². The van der Waals surface area contributed by atoms with Crippen LogP contribution >= 0.6 is 0 Å². The first-order chi connectivity index (χ1) is 16.1. The van der Waals surface area contributed by atoms with E-state index in [9.17, 15) is 4.79 Å². The van der Waals surface area contributed by atoms with Crippen molar-refractivity contribution < 1.29 is 23.4 Å². The molecule has 1 aliphatic carbocycles. The lowest BCUT2D eigenvalue weighted by Gasteiger charge is -2.38. The number of carbonyl (C=O) groups is 1. The molecule has 184 valence electrons. The number of rotatable bonds is 6. The number of ether oxygens (including phenoxy) is 3. The zero-order valence-corrected chi connectivity index (χ0v) is 22.2. The molecule has 0 bridgehead atoms. The Kier molecular flexibility index (Phi) is 7.22. The molecule has 1 heterocycles. The third-order valence-corrected chi connectivity index (χ3v) is 11.9. The average Bonchev–Trinajstić information content (AvgIpc) is 3.24. The molecule has 0 aromatic heterocycles. The summed E-state index contributed by atoms with van der Waals surface area (Å²) in [6, 6.07) is 16.1. The van der Waals surface area contributed by atoms with Crippen LogP contribution in [0.3, 0.4) is 0 Å². The molecule has 1 spiro atoms. The van der Waals surface area contributed by atoms with Gasteiger partial charge in [0.2, 0.25) is 8.32 Å². The van der Waals surface area contributed by atoms with Gasteiger partial charge in [-0.05, 0) is 48.2 Å². The van der Waals surface area contributed by atoms with Crippen LogP contribution < -0.4 is 9.16 Å². The lowest BCUT2D eigenvalue weighted by Crippen LogP contribution is -2.47. The zero-order valence-electron chi connectivity index (χ0n) is 21.2. The van der Waals surface area contributed by atoms with Crippen molar-refractivity contribution >= 4 is 14.3 Å². The first kappa shape index (κ1) is 25.0. The summed E-state index contributed by atoms with van der Waals surface area (Å²) < 4.78 is 24.6. The lowest BCUT2D eigenvalue weighted by molar-refractivity contribution is -0.218. The van der Waals surface area contributed by atoms with Gasteiger partial charge in [0.25, 0.3) is 0 Å². The van der Waals surface area contributed by atoms with Gasteiger partial charge in [0, 0.05) is 18.9 Å². The second-order valence-corrected chi connectivity index (χ2v) is 15.7. The second kappa shape index (κ2) is 9.84. The van der Waals surface area contributed by atoms with Crippen molar-refractivity contribution in [1.29, 1.82) is 0 Å². The Morgan fingerprint density at radius 2 is 1.76 bits per heavy atom. The Morgan fingerprint density at radius 3 is 2.44 bits per heavy atom. The van der Waals surface area contributed by atoms with Crippen LogP contribution in [-0.2, 0) is 20.7 Å². The van der Waals surface area contributed by atoms with Gasteiger partial charge in [0.05, 0.1) is 13.2 Å². The largest absolute Gasteiger partial charge is 0.543 e. The molecule has 2 fully saturated rings. The van der Waals surface area contributed by atoms with E-state index in [1.165, 1.54) is 0 Å². The van der Waals surface area contributed by atoms with Crippen LogP contribution in [0.25, 0.3) is 0 Å². The predicted molar refractivity (Wildman–Crippen MR) is 136 cm³/mol. The van der Waals surface area contributed by atoms with Crippen LogP contribution in [0.15, 0.2) is 48.5 Å². The van der Waals surface area contributed by atoms with Gasteiger partial charge < -0.3 is 18.6 Å². The van der Waals surface area contributed by atoms with Crippen molar-refractivity contribution in [1.82, 2.24) is 0 Å². The van der Waals surface area contributed by atoms with Crippen molar-refractivity contribution in [2.45, 2.75) is 76.8 Å². The summed E-state index contributed by atoms with van der Waals surface area (Å²) >= 11 is 0. The molecule has 2 aromatic rings. The van der Waals surface area contributed by atoms with Gasteiger partial charge in [-0.15, -0.1) is 0 Å². The van der Waals surface area contributed by atoms with Gasteiger partial charge in [0.15, 0.2) is 5.79 Å². The van der Waals surface area contributed by atoms with E-state index in [2.05, 4.69) is 46.0 Å².